The number of Topliss-reactive ketones (excluding diaryl/α,β-unsaturated/α-hetero) is 1. The average molecular weight is 656 g/mol. The van der Waals surface area contributed by atoms with Crippen molar-refractivity contribution in [3.8, 4) is 0 Å². The molecule has 47 heavy (non-hydrogen) atoms. The highest BCUT2D eigenvalue weighted by Gasteiger charge is 2.70. The Morgan fingerprint density at radius 3 is 2.13 bits per heavy atom. The van der Waals surface area contributed by atoms with Gasteiger partial charge in [0.05, 0.1) is 18.6 Å². The van der Waals surface area contributed by atoms with Gasteiger partial charge in [0.25, 0.3) is 5.91 Å². The third-order valence-electron chi connectivity index (χ3n) is 9.05. The fourth-order valence-electron chi connectivity index (χ4n) is 6.39. The van der Waals surface area contributed by atoms with E-state index in [1.54, 1.807) is 20.8 Å². The summed E-state index contributed by atoms with van der Waals surface area (Å²) in [6.45, 7) is 18.3. The fourth-order valence-corrected chi connectivity index (χ4v) is 6.39. The van der Waals surface area contributed by atoms with E-state index < -0.39 is 71.2 Å². The second-order valence-electron chi connectivity index (χ2n) is 15.4. The number of piperidine rings is 1. The van der Waals surface area contributed by atoms with Gasteiger partial charge in [0.15, 0.2) is 0 Å². The number of hydrogen-bond donors (Lipinski definition) is 4. The zero-order chi connectivity index (χ0) is 35.5. The topological polar surface area (TPSA) is 163 Å². The van der Waals surface area contributed by atoms with Crippen LogP contribution < -0.4 is 21.3 Å². The van der Waals surface area contributed by atoms with Crippen LogP contribution in [0.15, 0.2) is 30.3 Å². The maximum Gasteiger partial charge on any atom is 0.408 e. The van der Waals surface area contributed by atoms with E-state index in [-0.39, 0.29) is 29.7 Å². The quantitative estimate of drug-likeness (QED) is 0.251. The molecule has 0 radical (unpaired) electrons. The van der Waals surface area contributed by atoms with Crippen LogP contribution in [0.25, 0.3) is 0 Å². The van der Waals surface area contributed by atoms with Crippen LogP contribution in [0.2, 0.25) is 0 Å². The van der Waals surface area contributed by atoms with Gasteiger partial charge in [-0.2, -0.15) is 0 Å². The third-order valence-corrected chi connectivity index (χ3v) is 9.05. The highest BCUT2D eigenvalue weighted by molar-refractivity contribution is 6.38. The molecule has 0 bridgehead atoms. The maximum atomic E-state index is 14.1. The molecule has 0 aromatic heterocycles. The number of alkyl carbamates (subject to hydrolysis) is 1. The number of fused-ring (bicyclic) bond motifs is 1. The number of nitrogens with zero attached hydrogens (tertiary/aromatic N) is 1. The molecular weight excluding hydrogens is 602 g/mol. The molecule has 1 saturated carbocycles. The average Bonchev–Trinajstić information content (AvgIpc) is 3.27. The minimum Gasteiger partial charge on any atom is -0.444 e. The molecule has 4 N–H and O–H groups in total. The molecule has 3 rings (SSSR count). The smallest absolute Gasteiger partial charge is 0.408 e. The van der Waals surface area contributed by atoms with E-state index in [0.717, 1.165) is 5.56 Å². The summed E-state index contributed by atoms with van der Waals surface area (Å²) in [4.78, 5) is 80.8. The summed E-state index contributed by atoms with van der Waals surface area (Å²) < 4.78 is 5.41. The van der Waals surface area contributed by atoms with Crippen LogP contribution in [-0.2, 0) is 28.7 Å². The monoisotopic (exact) mass is 655 g/mol. The van der Waals surface area contributed by atoms with Gasteiger partial charge in [-0.15, -0.1) is 0 Å². The highest BCUT2D eigenvalue weighted by atomic mass is 16.6. The molecule has 0 spiro atoms. The molecule has 1 aliphatic heterocycles. The van der Waals surface area contributed by atoms with E-state index in [2.05, 4.69) is 21.3 Å². The number of likely N-dealkylation sites (tertiary alicyclic amines) is 1. The van der Waals surface area contributed by atoms with Crippen molar-refractivity contribution in [2.45, 2.75) is 112 Å². The molecule has 6 atom stereocenters. The summed E-state index contributed by atoms with van der Waals surface area (Å²) >= 11 is 0. The zero-order valence-corrected chi connectivity index (χ0v) is 29.5. The molecule has 12 heteroatoms. The van der Waals surface area contributed by atoms with Crippen molar-refractivity contribution in [1.82, 2.24) is 26.2 Å². The Hall–Kier alpha value is -3.96. The van der Waals surface area contributed by atoms with E-state index in [9.17, 15) is 28.8 Å². The summed E-state index contributed by atoms with van der Waals surface area (Å²) in [6, 6.07) is 6.00. The predicted octanol–water partition coefficient (Wildman–Crippen LogP) is 3.26. The summed E-state index contributed by atoms with van der Waals surface area (Å²) in [7, 11) is 0. The van der Waals surface area contributed by atoms with Crippen LogP contribution in [0.1, 0.15) is 93.7 Å². The molecule has 1 unspecified atom stereocenters. The zero-order valence-electron chi connectivity index (χ0n) is 29.5. The van der Waals surface area contributed by atoms with E-state index in [4.69, 9.17) is 4.74 Å². The van der Waals surface area contributed by atoms with Crippen molar-refractivity contribution in [2.75, 3.05) is 13.1 Å². The number of benzene rings is 1. The Bertz CT molecular complexity index is 1350. The number of ether oxygens (including phenoxy) is 1. The first-order valence-electron chi connectivity index (χ1n) is 16.5. The summed E-state index contributed by atoms with van der Waals surface area (Å²) in [6.07, 6.45) is -0.0483. The highest BCUT2D eigenvalue weighted by Crippen LogP contribution is 2.65. The summed E-state index contributed by atoms with van der Waals surface area (Å²) in [5.74, 6) is -3.36. The molecule has 2 fully saturated rings. The van der Waals surface area contributed by atoms with Crippen LogP contribution in [0.4, 0.5) is 4.79 Å². The van der Waals surface area contributed by atoms with Gasteiger partial charge in [-0.05, 0) is 62.3 Å². The Morgan fingerprint density at radius 1 is 0.957 bits per heavy atom. The SMILES string of the molecule is CCCC(NC(=O)[C@@H]1[C@@H]2[C@H](CN1C(=O)[C@@H](NC(=O)OC(C)(C)C)C(C)(C)C)C2(C)C)C(=O)C(=O)NCC(=O)N[C@H](C)c1ccccc1. The predicted molar refractivity (Wildman–Crippen MR) is 177 cm³/mol. The van der Waals surface area contributed by atoms with Crippen LogP contribution in [0.3, 0.4) is 0 Å². The van der Waals surface area contributed by atoms with Gasteiger partial charge in [-0.3, -0.25) is 24.0 Å². The van der Waals surface area contributed by atoms with Crippen molar-refractivity contribution in [1.29, 1.82) is 0 Å². The van der Waals surface area contributed by atoms with E-state index >= 15 is 0 Å². The number of amides is 5. The van der Waals surface area contributed by atoms with E-state index in [1.165, 1.54) is 4.90 Å². The second kappa shape index (κ2) is 14.4. The van der Waals surface area contributed by atoms with Crippen molar-refractivity contribution >= 4 is 35.5 Å². The van der Waals surface area contributed by atoms with Gasteiger partial charge >= 0.3 is 6.09 Å². The first kappa shape index (κ1) is 37.5. The largest absolute Gasteiger partial charge is 0.444 e. The lowest BCUT2D eigenvalue weighted by atomic mass is 9.85. The standard InChI is InChI=1S/C35H53N5O7/c1-11-15-23(27(42)30(44)36-18-24(41)37-20(2)21-16-13-12-14-17-21)38-29(43)26-25-22(35(25,9)10)19-40(26)31(45)28(33(3,4)5)39-32(46)47-34(6,7)8/h12-14,16-17,20,22-23,25-26,28H,11,15,18-19H2,1-10H3,(H,36,44)(H,37,41)(H,38,43)(H,39,46)/t20-,22+,23?,25+,26+,28-/m1/s1. The van der Waals surface area contributed by atoms with Gasteiger partial charge < -0.3 is 30.9 Å². The number of nitrogens with one attached hydrogen (secondary N) is 4. The number of carbonyl (C=O) groups excluding carboxylic acids is 6. The molecule has 2 aliphatic rings. The van der Waals surface area contributed by atoms with Crippen molar-refractivity contribution in [3.05, 3.63) is 35.9 Å². The van der Waals surface area contributed by atoms with Crippen LogP contribution in [0.5, 0.6) is 0 Å². The minimum atomic E-state index is -1.14. The van der Waals surface area contributed by atoms with Crippen LogP contribution in [-0.4, -0.2) is 77.2 Å². The normalized spacial score (nSPS) is 21.7. The fraction of sp³-hybridized carbons (Fsp3) is 0.657. The number of ketones is 1. The first-order chi connectivity index (χ1) is 21.7. The third kappa shape index (κ3) is 9.32. The number of hydrogen-bond acceptors (Lipinski definition) is 7. The Morgan fingerprint density at radius 2 is 1.57 bits per heavy atom. The Balaban J connectivity index is 1.71. The molecule has 12 nitrogen and oxygen atoms in total. The van der Waals surface area contributed by atoms with Gasteiger partial charge in [0.1, 0.15) is 17.7 Å². The van der Waals surface area contributed by atoms with Crippen molar-refractivity contribution < 1.29 is 33.5 Å². The summed E-state index contributed by atoms with van der Waals surface area (Å²) in [5.41, 5.74) is -0.791. The lowest BCUT2D eigenvalue weighted by Gasteiger charge is -2.38. The second-order valence-corrected chi connectivity index (χ2v) is 15.4. The lowest BCUT2D eigenvalue weighted by molar-refractivity contribution is -0.145. The van der Waals surface area contributed by atoms with Crippen LogP contribution >= 0.6 is 0 Å². The molecule has 1 aliphatic carbocycles. The summed E-state index contributed by atoms with van der Waals surface area (Å²) in [5, 5.41) is 10.6. The Kier molecular flexibility index (Phi) is 11.5. The maximum absolute atomic E-state index is 14.1. The lowest BCUT2D eigenvalue weighted by Crippen LogP contribution is -2.60. The van der Waals surface area contributed by atoms with Crippen molar-refractivity contribution in [3.63, 3.8) is 0 Å². The van der Waals surface area contributed by atoms with E-state index in [0.29, 0.717) is 13.0 Å². The van der Waals surface area contributed by atoms with Gasteiger partial charge in [-0.1, -0.05) is 78.3 Å². The molecular formula is C35H53N5O7. The molecule has 1 heterocycles. The molecule has 5 amide bonds. The van der Waals surface area contributed by atoms with E-state index in [1.807, 2.05) is 78.8 Å². The first-order valence-corrected chi connectivity index (χ1v) is 16.5. The van der Waals surface area contributed by atoms with Crippen LogP contribution in [0, 0.1) is 22.7 Å². The number of rotatable bonds is 12. The molecule has 1 aromatic carbocycles. The molecule has 1 aromatic rings. The van der Waals surface area contributed by atoms with Crippen molar-refractivity contribution in [2.24, 2.45) is 22.7 Å². The van der Waals surface area contributed by atoms with Gasteiger partial charge in [-0.25, -0.2) is 4.79 Å². The molecule has 260 valence electrons. The molecule has 1 saturated heterocycles. The van der Waals surface area contributed by atoms with Gasteiger partial charge in [0.2, 0.25) is 23.5 Å². The minimum absolute atomic E-state index is 0.0600. The Labute approximate surface area is 278 Å². The van der Waals surface area contributed by atoms with Gasteiger partial charge in [0, 0.05) is 6.54 Å². The number of carbonyl (C=O) groups is 6.